The average molecular weight is 445 g/mol. The number of aryl methyl sites for hydroxylation is 2. The van der Waals surface area contributed by atoms with Crippen molar-refractivity contribution in [1.82, 2.24) is 0 Å². The third-order valence-electron chi connectivity index (χ3n) is 6.92. The SMILES string of the molecule is Cc1sc2cc3ccccc3c(-c3ccc(OC(C)C(=O)O)c(C4CCCC4)c3)c2c1C. The molecule has 3 aromatic carbocycles. The Bertz CT molecular complexity index is 1330. The van der Waals surface area contributed by atoms with Crippen molar-refractivity contribution < 1.29 is 14.6 Å². The fraction of sp³-hybridized carbons (Fsp3) is 0.321. The van der Waals surface area contributed by atoms with E-state index < -0.39 is 12.1 Å². The van der Waals surface area contributed by atoms with Crippen molar-refractivity contribution in [3.8, 4) is 16.9 Å². The highest BCUT2D eigenvalue weighted by Crippen LogP contribution is 2.46. The summed E-state index contributed by atoms with van der Waals surface area (Å²) >= 11 is 1.86. The maximum absolute atomic E-state index is 11.4. The van der Waals surface area contributed by atoms with Crippen LogP contribution in [0.1, 0.15) is 54.5 Å². The lowest BCUT2D eigenvalue weighted by atomic mass is 9.89. The molecule has 0 saturated heterocycles. The van der Waals surface area contributed by atoms with E-state index in [1.807, 2.05) is 17.4 Å². The first-order valence-electron chi connectivity index (χ1n) is 11.4. The minimum Gasteiger partial charge on any atom is -0.479 e. The van der Waals surface area contributed by atoms with E-state index in [0.717, 1.165) is 18.4 Å². The van der Waals surface area contributed by atoms with Crippen molar-refractivity contribution in [2.45, 2.75) is 58.5 Å². The third-order valence-corrected chi connectivity index (χ3v) is 8.08. The van der Waals surface area contributed by atoms with E-state index in [-0.39, 0.29) is 0 Å². The Morgan fingerprint density at radius 2 is 1.84 bits per heavy atom. The second-order valence-electron chi connectivity index (χ2n) is 8.96. The first-order chi connectivity index (χ1) is 15.4. The summed E-state index contributed by atoms with van der Waals surface area (Å²) in [5.74, 6) is 0.193. The number of fused-ring (bicyclic) bond motifs is 2. The van der Waals surface area contributed by atoms with E-state index in [0.29, 0.717) is 11.7 Å². The fourth-order valence-electron chi connectivity index (χ4n) is 5.10. The van der Waals surface area contributed by atoms with Gasteiger partial charge in [-0.3, -0.25) is 0 Å². The standard InChI is InChI=1S/C28H28O3S/c1-16-18(3)32-25-15-20-10-6-7-11-22(20)27(26(16)25)21-12-13-24(31-17(2)28(29)30)23(14-21)19-8-4-5-9-19/h6-7,10-15,17,19H,4-5,8-9H2,1-3H3,(H,29,30). The number of carboxylic acid groups (broad SMARTS) is 1. The summed E-state index contributed by atoms with van der Waals surface area (Å²) in [6.45, 7) is 6.01. The van der Waals surface area contributed by atoms with Crippen molar-refractivity contribution in [3.05, 3.63) is 64.5 Å². The molecular formula is C28H28O3S. The summed E-state index contributed by atoms with van der Waals surface area (Å²) in [5.41, 5.74) is 4.95. The summed E-state index contributed by atoms with van der Waals surface area (Å²) in [6.07, 6.45) is 3.81. The maximum Gasteiger partial charge on any atom is 0.344 e. The topological polar surface area (TPSA) is 46.5 Å². The molecule has 1 unspecified atom stereocenters. The molecule has 0 radical (unpaired) electrons. The number of carbonyl (C=O) groups is 1. The van der Waals surface area contributed by atoms with Gasteiger partial charge in [0.25, 0.3) is 0 Å². The molecule has 1 heterocycles. The van der Waals surface area contributed by atoms with Gasteiger partial charge in [-0.15, -0.1) is 11.3 Å². The van der Waals surface area contributed by atoms with Gasteiger partial charge in [0.1, 0.15) is 5.75 Å². The molecule has 5 rings (SSSR count). The average Bonchev–Trinajstić information content (AvgIpc) is 3.41. The normalized spacial score (nSPS) is 15.5. The van der Waals surface area contributed by atoms with Crippen LogP contribution in [-0.2, 0) is 4.79 Å². The van der Waals surface area contributed by atoms with Crippen LogP contribution >= 0.6 is 11.3 Å². The number of aliphatic carboxylic acids is 1. The Balaban J connectivity index is 1.75. The Kier molecular flexibility index (Phi) is 5.42. The molecule has 0 aliphatic heterocycles. The Morgan fingerprint density at radius 1 is 1.09 bits per heavy atom. The number of carboxylic acids is 1. The van der Waals surface area contributed by atoms with Gasteiger partial charge < -0.3 is 9.84 Å². The van der Waals surface area contributed by atoms with Crippen molar-refractivity contribution in [2.75, 3.05) is 0 Å². The monoisotopic (exact) mass is 444 g/mol. The highest BCUT2D eigenvalue weighted by Gasteiger charge is 2.25. The summed E-state index contributed by atoms with van der Waals surface area (Å²) in [4.78, 5) is 12.8. The molecular weight excluding hydrogens is 416 g/mol. The number of benzene rings is 3. The van der Waals surface area contributed by atoms with Gasteiger partial charge in [0.05, 0.1) is 0 Å². The van der Waals surface area contributed by atoms with Crippen molar-refractivity contribution in [1.29, 1.82) is 0 Å². The molecule has 1 N–H and O–H groups in total. The van der Waals surface area contributed by atoms with E-state index in [2.05, 4.69) is 56.3 Å². The molecule has 3 nitrogen and oxygen atoms in total. The molecule has 0 bridgehead atoms. The zero-order valence-electron chi connectivity index (χ0n) is 18.8. The zero-order chi connectivity index (χ0) is 22.4. The molecule has 1 atom stereocenters. The third kappa shape index (κ3) is 3.57. The van der Waals surface area contributed by atoms with Crippen LogP contribution in [0.5, 0.6) is 5.75 Å². The molecule has 32 heavy (non-hydrogen) atoms. The largest absolute Gasteiger partial charge is 0.479 e. The number of hydrogen-bond acceptors (Lipinski definition) is 3. The number of thiophene rings is 1. The van der Waals surface area contributed by atoms with Crippen LogP contribution in [0.3, 0.4) is 0 Å². The van der Waals surface area contributed by atoms with Gasteiger partial charge >= 0.3 is 5.97 Å². The molecule has 1 fully saturated rings. The molecule has 1 aliphatic carbocycles. The molecule has 4 aromatic rings. The molecule has 4 heteroatoms. The predicted molar refractivity (Wildman–Crippen MR) is 133 cm³/mol. The van der Waals surface area contributed by atoms with Crippen molar-refractivity contribution in [3.63, 3.8) is 0 Å². The van der Waals surface area contributed by atoms with Crippen LogP contribution in [0.4, 0.5) is 0 Å². The fourth-order valence-corrected chi connectivity index (χ4v) is 6.23. The first kappa shape index (κ1) is 21.0. The summed E-state index contributed by atoms with van der Waals surface area (Å²) in [6, 6.07) is 17.3. The van der Waals surface area contributed by atoms with E-state index in [1.165, 1.54) is 55.3 Å². The lowest BCUT2D eigenvalue weighted by molar-refractivity contribution is -0.144. The van der Waals surface area contributed by atoms with E-state index in [9.17, 15) is 9.90 Å². The number of hydrogen-bond donors (Lipinski definition) is 1. The van der Waals surface area contributed by atoms with E-state index in [4.69, 9.17) is 4.74 Å². The molecule has 1 aromatic heterocycles. The van der Waals surface area contributed by atoms with Crippen LogP contribution < -0.4 is 4.74 Å². The molecule has 1 saturated carbocycles. The van der Waals surface area contributed by atoms with Gasteiger partial charge in [-0.1, -0.05) is 43.2 Å². The summed E-state index contributed by atoms with van der Waals surface area (Å²) in [7, 11) is 0. The van der Waals surface area contributed by atoms with Crippen molar-refractivity contribution >= 4 is 38.2 Å². The van der Waals surface area contributed by atoms with Crippen LogP contribution in [0.2, 0.25) is 0 Å². The minimum atomic E-state index is -0.938. The van der Waals surface area contributed by atoms with Crippen LogP contribution in [0, 0.1) is 13.8 Å². The highest BCUT2D eigenvalue weighted by molar-refractivity contribution is 7.19. The van der Waals surface area contributed by atoms with Gasteiger partial charge in [0.15, 0.2) is 6.10 Å². The minimum absolute atomic E-state index is 0.418. The summed E-state index contributed by atoms with van der Waals surface area (Å²) < 4.78 is 7.23. The Labute approximate surface area is 192 Å². The first-order valence-corrected chi connectivity index (χ1v) is 12.2. The van der Waals surface area contributed by atoms with Gasteiger partial charge in [-0.25, -0.2) is 4.79 Å². The van der Waals surface area contributed by atoms with E-state index in [1.54, 1.807) is 6.92 Å². The van der Waals surface area contributed by atoms with Gasteiger partial charge in [0, 0.05) is 15.0 Å². The number of rotatable bonds is 5. The highest BCUT2D eigenvalue weighted by atomic mass is 32.1. The Hall–Kier alpha value is -2.85. The molecule has 1 aliphatic rings. The smallest absolute Gasteiger partial charge is 0.344 e. The second-order valence-corrected chi connectivity index (χ2v) is 10.2. The van der Waals surface area contributed by atoms with Gasteiger partial charge in [0.2, 0.25) is 0 Å². The van der Waals surface area contributed by atoms with Crippen molar-refractivity contribution in [2.24, 2.45) is 0 Å². The zero-order valence-corrected chi connectivity index (χ0v) is 19.6. The lowest BCUT2D eigenvalue weighted by Crippen LogP contribution is -2.23. The maximum atomic E-state index is 11.4. The molecule has 0 spiro atoms. The second kappa shape index (κ2) is 8.25. The van der Waals surface area contributed by atoms with Gasteiger partial charge in [-0.05, 0) is 90.8 Å². The summed E-state index contributed by atoms with van der Waals surface area (Å²) in [5, 5.41) is 13.2. The lowest BCUT2D eigenvalue weighted by Gasteiger charge is -2.20. The van der Waals surface area contributed by atoms with Crippen LogP contribution in [0.25, 0.3) is 32.0 Å². The van der Waals surface area contributed by atoms with Crippen LogP contribution in [-0.4, -0.2) is 17.2 Å². The Morgan fingerprint density at radius 3 is 2.59 bits per heavy atom. The van der Waals surface area contributed by atoms with Gasteiger partial charge in [-0.2, -0.15) is 0 Å². The quantitative estimate of drug-likeness (QED) is 0.341. The molecule has 164 valence electrons. The number of ether oxygens (including phenoxy) is 1. The van der Waals surface area contributed by atoms with Crippen LogP contribution in [0.15, 0.2) is 48.5 Å². The van der Waals surface area contributed by atoms with E-state index >= 15 is 0 Å². The predicted octanol–water partition coefficient (Wildman–Crippen LogP) is 7.85. The molecule has 0 amide bonds.